The Balaban J connectivity index is 2.34. The zero-order chi connectivity index (χ0) is 9.52. The van der Waals surface area contributed by atoms with Gasteiger partial charge in [-0.3, -0.25) is 0 Å². The zero-order valence-electron chi connectivity index (χ0n) is 8.33. The molecule has 1 heterocycles. The van der Waals surface area contributed by atoms with Crippen LogP contribution in [0, 0.1) is 0 Å². The predicted molar refractivity (Wildman–Crippen MR) is 53.2 cm³/mol. The van der Waals surface area contributed by atoms with Crippen LogP contribution in [-0.4, -0.2) is 16.0 Å². The molecule has 0 aromatic carbocycles. The van der Waals surface area contributed by atoms with E-state index < -0.39 is 0 Å². The van der Waals surface area contributed by atoms with Crippen molar-refractivity contribution in [1.82, 2.24) is 15.3 Å². The van der Waals surface area contributed by atoms with Crippen molar-refractivity contribution < 1.29 is 0 Å². The van der Waals surface area contributed by atoms with Gasteiger partial charge in [0.05, 0.1) is 0 Å². The molecule has 72 valence electrons. The lowest BCUT2D eigenvalue weighted by molar-refractivity contribution is 0.483. The lowest BCUT2D eigenvalue weighted by Gasteiger charge is -2.13. The number of nitrogens with one attached hydrogen (secondary N) is 1. The molecule has 0 fully saturated rings. The molecule has 3 nitrogen and oxygen atoms in total. The van der Waals surface area contributed by atoms with Gasteiger partial charge in [-0.25, -0.2) is 9.97 Å². The van der Waals surface area contributed by atoms with Crippen molar-refractivity contribution in [2.24, 2.45) is 0 Å². The van der Waals surface area contributed by atoms with Gasteiger partial charge in [-0.05, 0) is 12.8 Å². The van der Waals surface area contributed by atoms with Crippen molar-refractivity contribution in [2.75, 3.05) is 0 Å². The lowest BCUT2D eigenvalue weighted by atomic mass is 10.1. The van der Waals surface area contributed by atoms with Crippen LogP contribution in [0.15, 0.2) is 18.7 Å². The smallest absolute Gasteiger partial charge is 0.115 e. The fourth-order valence-electron chi connectivity index (χ4n) is 1.26. The fraction of sp³-hybridized carbons (Fsp3) is 0.600. The number of nitrogens with zero attached hydrogens (tertiary/aromatic N) is 2. The van der Waals surface area contributed by atoms with Gasteiger partial charge in [0.25, 0.3) is 0 Å². The van der Waals surface area contributed by atoms with E-state index in [9.17, 15) is 0 Å². The Morgan fingerprint density at radius 3 is 2.38 bits per heavy atom. The van der Waals surface area contributed by atoms with E-state index in [1.54, 1.807) is 6.33 Å². The average molecular weight is 179 g/mol. The first-order valence-corrected chi connectivity index (χ1v) is 4.84. The molecule has 0 spiro atoms. The third-order valence-electron chi connectivity index (χ3n) is 2.19. The first-order chi connectivity index (χ1) is 6.36. The van der Waals surface area contributed by atoms with Gasteiger partial charge < -0.3 is 5.32 Å². The van der Waals surface area contributed by atoms with Gasteiger partial charge in [0.1, 0.15) is 6.33 Å². The molecule has 0 bridgehead atoms. The Bertz CT molecular complexity index is 219. The maximum absolute atomic E-state index is 3.96. The highest BCUT2D eigenvalue weighted by atomic mass is 14.9. The third kappa shape index (κ3) is 3.51. The molecule has 1 N–H and O–H groups in total. The standard InChI is InChI=1S/C10H17N3/c1-3-10(4-2)13-7-9-5-11-8-12-6-9/h5-6,8,10,13H,3-4,7H2,1-2H3. The molecule has 0 aliphatic rings. The summed E-state index contributed by atoms with van der Waals surface area (Å²) in [6.45, 7) is 5.26. The monoisotopic (exact) mass is 179 g/mol. The first-order valence-electron chi connectivity index (χ1n) is 4.84. The minimum Gasteiger partial charge on any atom is -0.310 e. The largest absolute Gasteiger partial charge is 0.310 e. The summed E-state index contributed by atoms with van der Waals surface area (Å²) in [6.07, 6.45) is 7.60. The normalized spacial score (nSPS) is 10.7. The molecule has 1 rings (SSSR count). The quantitative estimate of drug-likeness (QED) is 0.748. The molecule has 0 aliphatic carbocycles. The lowest BCUT2D eigenvalue weighted by Crippen LogP contribution is -2.27. The van der Waals surface area contributed by atoms with Crippen LogP contribution in [0.3, 0.4) is 0 Å². The van der Waals surface area contributed by atoms with E-state index in [-0.39, 0.29) is 0 Å². The summed E-state index contributed by atoms with van der Waals surface area (Å²) in [5, 5.41) is 3.46. The summed E-state index contributed by atoms with van der Waals surface area (Å²) in [6, 6.07) is 0.611. The van der Waals surface area contributed by atoms with Gasteiger partial charge in [0.2, 0.25) is 0 Å². The Morgan fingerprint density at radius 2 is 1.85 bits per heavy atom. The molecule has 0 unspecified atom stereocenters. The van der Waals surface area contributed by atoms with Gasteiger partial charge in [0.15, 0.2) is 0 Å². The number of hydrogen-bond acceptors (Lipinski definition) is 3. The summed E-state index contributed by atoms with van der Waals surface area (Å²) < 4.78 is 0. The van der Waals surface area contributed by atoms with Crippen molar-refractivity contribution in [3.8, 4) is 0 Å². The maximum Gasteiger partial charge on any atom is 0.115 e. The van der Waals surface area contributed by atoms with Crippen molar-refractivity contribution in [3.05, 3.63) is 24.3 Å². The van der Waals surface area contributed by atoms with E-state index in [0.29, 0.717) is 6.04 Å². The molecule has 0 amide bonds. The first kappa shape index (κ1) is 10.1. The maximum atomic E-state index is 3.96. The molecular formula is C10H17N3. The van der Waals surface area contributed by atoms with Crippen LogP contribution in [-0.2, 0) is 6.54 Å². The second-order valence-corrected chi connectivity index (χ2v) is 3.14. The number of hydrogen-bond donors (Lipinski definition) is 1. The Hall–Kier alpha value is -0.960. The average Bonchev–Trinajstić information content (AvgIpc) is 2.21. The number of aromatic nitrogens is 2. The summed E-state index contributed by atoms with van der Waals surface area (Å²) >= 11 is 0. The highest BCUT2D eigenvalue weighted by Crippen LogP contribution is 1.99. The van der Waals surface area contributed by atoms with Crippen molar-refractivity contribution in [2.45, 2.75) is 39.3 Å². The van der Waals surface area contributed by atoms with Gasteiger partial charge >= 0.3 is 0 Å². The van der Waals surface area contributed by atoms with Gasteiger partial charge in [-0.1, -0.05) is 13.8 Å². The summed E-state index contributed by atoms with van der Waals surface area (Å²) in [5.41, 5.74) is 1.15. The van der Waals surface area contributed by atoms with E-state index in [2.05, 4.69) is 29.1 Å². The second-order valence-electron chi connectivity index (χ2n) is 3.14. The molecule has 0 radical (unpaired) electrons. The molecule has 0 aliphatic heterocycles. The van der Waals surface area contributed by atoms with Crippen molar-refractivity contribution >= 4 is 0 Å². The molecule has 0 saturated heterocycles. The highest BCUT2D eigenvalue weighted by molar-refractivity contribution is 5.01. The molecule has 0 saturated carbocycles. The molecule has 1 aromatic heterocycles. The summed E-state index contributed by atoms with van der Waals surface area (Å²) in [5.74, 6) is 0. The highest BCUT2D eigenvalue weighted by Gasteiger charge is 2.01. The summed E-state index contributed by atoms with van der Waals surface area (Å²) in [4.78, 5) is 7.93. The van der Waals surface area contributed by atoms with E-state index in [0.717, 1.165) is 12.1 Å². The van der Waals surface area contributed by atoms with E-state index in [4.69, 9.17) is 0 Å². The fourth-order valence-corrected chi connectivity index (χ4v) is 1.26. The molecular weight excluding hydrogens is 162 g/mol. The molecule has 13 heavy (non-hydrogen) atoms. The van der Waals surface area contributed by atoms with Gasteiger partial charge in [-0.15, -0.1) is 0 Å². The summed E-state index contributed by atoms with van der Waals surface area (Å²) in [7, 11) is 0. The molecule has 3 heteroatoms. The van der Waals surface area contributed by atoms with E-state index in [1.165, 1.54) is 12.8 Å². The van der Waals surface area contributed by atoms with Crippen LogP contribution in [0.2, 0.25) is 0 Å². The second kappa shape index (κ2) is 5.65. The third-order valence-corrected chi connectivity index (χ3v) is 2.19. The van der Waals surface area contributed by atoms with E-state index >= 15 is 0 Å². The Labute approximate surface area is 79.6 Å². The Kier molecular flexibility index (Phi) is 4.40. The molecule has 1 aromatic rings. The number of rotatable bonds is 5. The Morgan fingerprint density at radius 1 is 1.23 bits per heavy atom. The van der Waals surface area contributed by atoms with Gasteiger partial charge in [-0.2, -0.15) is 0 Å². The van der Waals surface area contributed by atoms with Crippen LogP contribution in [0.25, 0.3) is 0 Å². The van der Waals surface area contributed by atoms with Crippen LogP contribution >= 0.6 is 0 Å². The van der Waals surface area contributed by atoms with Crippen molar-refractivity contribution in [3.63, 3.8) is 0 Å². The van der Waals surface area contributed by atoms with Crippen molar-refractivity contribution in [1.29, 1.82) is 0 Å². The predicted octanol–water partition coefficient (Wildman–Crippen LogP) is 1.75. The van der Waals surface area contributed by atoms with Crippen LogP contribution < -0.4 is 5.32 Å². The SMILES string of the molecule is CCC(CC)NCc1cncnc1. The minimum atomic E-state index is 0.611. The minimum absolute atomic E-state index is 0.611. The topological polar surface area (TPSA) is 37.8 Å². The van der Waals surface area contributed by atoms with E-state index in [1.807, 2.05) is 12.4 Å². The zero-order valence-corrected chi connectivity index (χ0v) is 8.33. The molecule has 0 atom stereocenters. The van der Waals surface area contributed by atoms with Crippen LogP contribution in [0.4, 0.5) is 0 Å². The van der Waals surface area contributed by atoms with Crippen LogP contribution in [0.5, 0.6) is 0 Å². The van der Waals surface area contributed by atoms with Gasteiger partial charge in [0, 0.05) is 30.5 Å². The van der Waals surface area contributed by atoms with Crippen LogP contribution in [0.1, 0.15) is 32.3 Å².